The molecule has 1 aromatic heterocycles. The van der Waals surface area contributed by atoms with Crippen molar-refractivity contribution in [3.8, 4) is 0 Å². The lowest BCUT2D eigenvalue weighted by atomic mass is 10.3. The van der Waals surface area contributed by atoms with Gasteiger partial charge in [0.25, 0.3) is 0 Å². The van der Waals surface area contributed by atoms with E-state index < -0.39 is 11.3 Å². The summed E-state index contributed by atoms with van der Waals surface area (Å²) in [7, 11) is 0. The molecular weight excluding hydrogens is 276 g/mol. The number of benzene rings is 1. The van der Waals surface area contributed by atoms with Crippen LogP contribution in [0.3, 0.4) is 0 Å². The summed E-state index contributed by atoms with van der Waals surface area (Å²) in [5.74, 6) is -0.346. The van der Waals surface area contributed by atoms with E-state index in [4.69, 9.17) is 0 Å². The van der Waals surface area contributed by atoms with Crippen LogP contribution in [0, 0.1) is 0 Å². The molecule has 1 aromatic carbocycles. The Hall–Kier alpha value is -2.02. The van der Waals surface area contributed by atoms with Gasteiger partial charge in [-0.15, -0.1) is 0 Å². The Morgan fingerprint density at radius 3 is 2.85 bits per heavy atom. The van der Waals surface area contributed by atoms with E-state index in [0.29, 0.717) is 11.7 Å². The van der Waals surface area contributed by atoms with Gasteiger partial charge in [0, 0.05) is 6.54 Å². The molecule has 2 aromatic rings. The van der Waals surface area contributed by atoms with Crippen LogP contribution in [-0.2, 0) is 4.79 Å². The Morgan fingerprint density at radius 1 is 1.40 bits per heavy atom. The number of rotatable bonds is 4. The maximum absolute atomic E-state index is 11.8. The zero-order valence-corrected chi connectivity index (χ0v) is 12.1. The molecule has 6 nitrogen and oxygen atoms in total. The maximum Gasteiger partial charge on any atom is 0.321 e. The normalized spacial score (nSPS) is 12.1. The maximum atomic E-state index is 11.8. The number of aromatic nitrogens is 2. The van der Waals surface area contributed by atoms with Gasteiger partial charge in [-0.1, -0.05) is 23.9 Å². The molecule has 0 saturated carbocycles. The van der Waals surface area contributed by atoms with E-state index in [9.17, 15) is 9.59 Å². The number of nitrogens with one attached hydrogen (secondary N) is 3. The molecule has 3 amide bonds. The first-order valence-corrected chi connectivity index (χ1v) is 7.18. The van der Waals surface area contributed by atoms with E-state index in [-0.39, 0.29) is 5.91 Å². The summed E-state index contributed by atoms with van der Waals surface area (Å²) in [5, 5.41) is 5.04. The Balaban J connectivity index is 1.98. The van der Waals surface area contributed by atoms with Crippen LogP contribution in [0.4, 0.5) is 4.79 Å². The molecule has 0 aliphatic carbocycles. The average molecular weight is 292 g/mol. The summed E-state index contributed by atoms with van der Waals surface area (Å²) in [5.41, 5.74) is 1.78. The Labute approximate surface area is 120 Å². The Bertz CT molecular complexity index is 593. The number of nitrogens with zero attached hydrogens (tertiary/aromatic N) is 1. The van der Waals surface area contributed by atoms with E-state index in [2.05, 4.69) is 20.6 Å². The van der Waals surface area contributed by atoms with Gasteiger partial charge in [0.05, 0.1) is 16.3 Å². The largest absolute Gasteiger partial charge is 0.338 e. The summed E-state index contributed by atoms with van der Waals surface area (Å²) < 4.78 is 0. The molecule has 7 heteroatoms. The molecule has 0 fully saturated rings. The first-order valence-electron chi connectivity index (χ1n) is 6.30. The number of carbonyl (C=O) groups excluding carboxylic acids is 2. The summed E-state index contributed by atoms with van der Waals surface area (Å²) in [6.07, 6.45) is 0. The number of para-hydroxylation sites is 2. The van der Waals surface area contributed by atoms with Gasteiger partial charge in [-0.05, 0) is 26.0 Å². The minimum absolute atomic E-state index is 0.346. The number of imidazole rings is 1. The van der Waals surface area contributed by atoms with Crippen LogP contribution in [-0.4, -0.2) is 33.7 Å². The molecule has 1 heterocycles. The summed E-state index contributed by atoms with van der Waals surface area (Å²) in [4.78, 5) is 30.6. The van der Waals surface area contributed by atoms with Crippen molar-refractivity contribution in [1.82, 2.24) is 20.6 Å². The minimum atomic E-state index is -0.477. The smallest absolute Gasteiger partial charge is 0.321 e. The van der Waals surface area contributed by atoms with Gasteiger partial charge in [-0.2, -0.15) is 0 Å². The highest BCUT2D eigenvalue weighted by Gasteiger charge is 2.18. The fourth-order valence-electron chi connectivity index (χ4n) is 1.62. The third-order valence-corrected chi connectivity index (χ3v) is 3.58. The van der Waals surface area contributed by atoms with E-state index in [1.807, 2.05) is 24.3 Å². The summed E-state index contributed by atoms with van der Waals surface area (Å²) in [6.45, 7) is 3.99. The zero-order valence-electron chi connectivity index (χ0n) is 11.3. The highest BCUT2D eigenvalue weighted by Crippen LogP contribution is 2.23. The van der Waals surface area contributed by atoms with Gasteiger partial charge >= 0.3 is 6.03 Å². The zero-order chi connectivity index (χ0) is 14.5. The van der Waals surface area contributed by atoms with Gasteiger partial charge in [-0.25, -0.2) is 9.78 Å². The minimum Gasteiger partial charge on any atom is -0.338 e. The van der Waals surface area contributed by atoms with Crippen molar-refractivity contribution in [3.05, 3.63) is 24.3 Å². The van der Waals surface area contributed by atoms with Gasteiger partial charge < -0.3 is 10.3 Å². The topological polar surface area (TPSA) is 86.9 Å². The number of thioether (sulfide) groups is 1. The van der Waals surface area contributed by atoms with Crippen molar-refractivity contribution in [2.75, 3.05) is 6.54 Å². The second-order valence-electron chi connectivity index (χ2n) is 4.17. The van der Waals surface area contributed by atoms with Crippen molar-refractivity contribution in [2.45, 2.75) is 24.3 Å². The van der Waals surface area contributed by atoms with E-state index in [0.717, 1.165) is 11.0 Å². The molecule has 0 aliphatic rings. The molecule has 0 aliphatic heterocycles. The fourth-order valence-corrected chi connectivity index (χ4v) is 2.45. The Kier molecular flexibility index (Phi) is 4.62. The monoisotopic (exact) mass is 292 g/mol. The number of fused-ring (bicyclic) bond motifs is 1. The lowest BCUT2D eigenvalue weighted by Gasteiger charge is -2.09. The number of imide groups is 1. The number of H-pyrrole nitrogens is 1. The van der Waals surface area contributed by atoms with Gasteiger partial charge in [0.1, 0.15) is 0 Å². The van der Waals surface area contributed by atoms with Crippen LogP contribution < -0.4 is 10.6 Å². The first-order chi connectivity index (χ1) is 9.60. The van der Waals surface area contributed by atoms with Crippen LogP contribution in [0.2, 0.25) is 0 Å². The van der Waals surface area contributed by atoms with Crippen LogP contribution in [0.15, 0.2) is 29.4 Å². The lowest BCUT2D eigenvalue weighted by molar-refractivity contribution is -0.119. The van der Waals surface area contributed by atoms with Crippen molar-refractivity contribution in [2.24, 2.45) is 0 Å². The number of carbonyl (C=O) groups is 2. The number of hydrogen-bond acceptors (Lipinski definition) is 4. The van der Waals surface area contributed by atoms with Crippen molar-refractivity contribution in [3.63, 3.8) is 0 Å². The molecule has 0 radical (unpaired) electrons. The summed E-state index contributed by atoms with van der Waals surface area (Å²) in [6, 6.07) is 7.17. The third-order valence-electron chi connectivity index (χ3n) is 2.60. The molecule has 0 spiro atoms. The number of amides is 3. The van der Waals surface area contributed by atoms with Crippen molar-refractivity contribution >= 4 is 34.7 Å². The van der Waals surface area contributed by atoms with E-state index in [1.165, 1.54) is 11.8 Å². The first kappa shape index (κ1) is 14.4. The number of aromatic amines is 1. The molecule has 0 unspecified atom stereocenters. The highest BCUT2D eigenvalue weighted by molar-refractivity contribution is 8.00. The van der Waals surface area contributed by atoms with Crippen molar-refractivity contribution in [1.29, 1.82) is 0 Å². The fraction of sp³-hybridized carbons (Fsp3) is 0.308. The van der Waals surface area contributed by atoms with Crippen LogP contribution in [0.1, 0.15) is 13.8 Å². The second kappa shape index (κ2) is 6.42. The molecule has 0 bridgehead atoms. The average Bonchev–Trinajstić information content (AvgIpc) is 2.80. The highest BCUT2D eigenvalue weighted by atomic mass is 32.2. The molecule has 0 saturated heterocycles. The molecule has 106 valence electrons. The molecule has 2 rings (SSSR count). The lowest BCUT2D eigenvalue weighted by Crippen LogP contribution is -2.42. The van der Waals surface area contributed by atoms with Crippen LogP contribution >= 0.6 is 11.8 Å². The summed E-state index contributed by atoms with van der Waals surface area (Å²) >= 11 is 1.28. The van der Waals surface area contributed by atoms with E-state index in [1.54, 1.807) is 13.8 Å². The molecule has 20 heavy (non-hydrogen) atoms. The predicted molar refractivity (Wildman–Crippen MR) is 78.6 cm³/mol. The molecule has 3 N–H and O–H groups in total. The quantitative estimate of drug-likeness (QED) is 0.751. The van der Waals surface area contributed by atoms with Crippen LogP contribution in [0.5, 0.6) is 0 Å². The third kappa shape index (κ3) is 3.51. The van der Waals surface area contributed by atoms with Crippen LogP contribution in [0.25, 0.3) is 11.0 Å². The Morgan fingerprint density at radius 2 is 2.15 bits per heavy atom. The number of urea groups is 1. The van der Waals surface area contributed by atoms with Gasteiger partial charge in [0.15, 0.2) is 5.16 Å². The predicted octanol–water partition coefficient (Wildman–Crippen LogP) is 1.89. The molecular formula is C13H16N4O2S. The second-order valence-corrected chi connectivity index (χ2v) is 5.50. The molecule has 1 atom stereocenters. The SMILES string of the molecule is CCNC(=O)NC(=O)[C@H](C)Sc1nc2ccccc2[nH]1. The van der Waals surface area contributed by atoms with Crippen molar-refractivity contribution < 1.29 is 9.59 Å². The van der Waals surface area contributed by atoms with Gasteiger partial charge in [0.2, 0.25) is 5.91 Å². The number of hydrogen-bond donors (Lipinski definition) is 3. The van der Waals surface area contributed by atoms with Gasteiger partial charge in [-0.3, -0.25) is 10.1 Å². The standard InChI is InChI=1S/C13H16N4O2S/c1-3-14-12(19)17-11(18)8(2)20-13-15-9-6-4-5-7-10(9)16-13/h4-8H,3H2,1-2H3,(H,15,16)(H2,14,17,18,19)/t8-/m0/s1. The van der Waals surface area contributed by atoms with E-state index >= 15 is 0 Å².